The molecule has 0 aliphatic heterocycles. The zero-order valence-electron chi connectivity index (χ0n) is 8.51. The molecule has 1 N–H and O–H groups in total. The molecule has 0 aliphatic carbocycles. The second-order valence-electron chi connectivity index (χ2n) is 2.97. The number of hydrogen-bond acceptors (Lipinski definition) is 2. The van der Waals surface area contributed by atoms with Crippen LogP contribution in [0.15, 0.2) is 18.2 Å². The van der Waals surface area contributed by atoms with Gasteiger partial charge in [0.1, 0.15) is 0 Å². The Kier molecular flexibility index (Phi) is 4.89. The molecule has 0 radical (unpaired) electrons. The molecule has 3 heteroatoms. The average molecular weight is 222 g/mol. The van der Waals surface area contributed by atoms with Crippen molar-refractivity contribution in [2.75, 3.05) is 13.6 Å². The first kappa shape index (κ1) is 11.8. The van der Waals surface area contributed by atoms with Crippen LogP contribution < -0.4 is 5.32 Å². The highest BCUT2D eigenvalue weighted by Gasteiger charge is 2.02. The summed E-state index contributed by atoms with van der Waals surface area (Å²) in [5.74, 6) is 5.91. The lowest BCUT2D eigenvalue weighted by atomic mass is 10.1. The molecule has 1 aromatic carbocycles. The number of aldehydes is 1. The van der Waals surface area contributed by atoms with Crippen LogP contribution in [0.5, 0.6) is 0 Å². The molecule has 0 saturated carbocycles. The van der Waals surface area contributed by atoms with Gasteiger partial charge in [0.15, 0.2) is 6.29 Å². The molecule has 1 rings (SSSR count). The topological polar surface area (TPSA) is 29.1 Å². The predicted molar refractivity (Wildman–Crippen MR) is 62.3 cm³/mol. The van der Waals surface area contributed by atoms with Crippen LogP contribution in [0, 0.1) is 11.8 Å². The van der Waals surface area contributed by atoms with Gasteiger partial charge in [0.25, 0.3) is 0 Å². The van der Waals surface area contributed by atoms with Crippen LogP contribution in [0.4, 0.5) is 0 Å². The minimum absolute atomic E-state index is 0.449. The Balaban J connectivity index is 2.87. The van der Waals surface area contributed by atoms with E-state index in [-0.39, 0.29) is 0 Å². The highest BCUT2D eigenvalue weighted by atomic mass is 35.5. The van der Waals surface area contributed by atoms with Crippen LogP contribution in [0.1, 0.15) is 22.3 Å². The summed E-state index contributed by atoms with van der Waals surface area (Å²) in [6.45, 7) is 0.837. The summed E-state index contributed by atoms with van der Waals surface area (Å²) in [4.78, 5) is 10.8. The quantitative estimate of drug-likeness (QED) is 0.481. The Morgan fingerprint density at radius 2 is 2.33 bits per heavy atom. The minimum Gasteiger partial charge on any atom is -0.319 e. The van der Waals surface area contributed by atoms with E-state index >= 15 is 0 Å². The third-order valence-corrected chi connectivity index (χ3v) is 2.22. The Morgan fingerprint density at radius 1 is 1.53 bits per heavy atom. The predicted octanol–water partition coefficient (Wildman–Crippen LogP) is 2.11. The van der Waals surface area contributed by atoms with E-state index in [1.54, 1.807) is 18.2 Å². The first-order valence-electron chi connectivity index (χ1n) is 4.66. The Hall–Kier alpha value is -1.30. The van der Waals surface area contributed by atoms with Crippen LogP contribution >= 0.6 is 11.6 Å². The molecule has 2 nitrogen and oxygen atoms in total. The molecule has 1 aromatic rings. The summed E-state index contributed by atoms with van der Waals surface area (Å²) in [7, 11) is 1.87. The molecule has 0 aromatic heterocycles. The summed E-state index contributed by atoms with van der Waals surface area (Å²) < 4.78 is 0. The van der Waals surface area contributed by atoms with Crippen molar-refractivity contribution in [3.63, 3.8) is 0 Å². The van der Waals surface area contributed by atoms with Crippen molar-refractivity contribution in [2.24, 2.45) is 0 Å². The smallest absolute Gasteiger partial charge is 0.152 e. The molecule has 0 spiro atoms. The van der Waals surface area contributed by atoms with E-state index < -0.39 is 0 Å². The fourth-order valence-electron chi connectivity index (χ4n) is 1.11. The van der Waals surface area contributed by atoms with Gasteiger partial charge in [-0.3, -0.25) is 4.79 Å². The lowest BCUT2D eigenvalue weighted by Gasteiger charge is -1.98. The van der Waals surface area contributed by atoms with Gasteiger partial charge in [0.05, 0.1) is 5.02 Å². The Bertz CT molecular complexity index is 404. The highest BCUT2D eigenvalue weighted by molar-refractivity contribution is 6.33. The van der Waals surface area contributed by atoms with Gasteiger partial charge < -0.3 is 5.32 Å². The first-order valence-corrected chi connectivity index (χ1v) is 5.04. The van der Waals surface area contributed by atoms with Gasteiger partial charge in [-0.2, -0.15) is 0 Å². The summed E-state index contributed by atoms with van der Waals surface area (Å²) in [6, 6.07) is 5.27. The van der Waals surface area contributed by atoms with Crippen LogP contribution in [-0.2, 0) is 0 Å². The monoisotopic (exact) mass is 221 g/mol. The molecule has 78 valence electrons. The van der Waals surface area contributed by atoms with Crippen molar-refractivity contribution in [1.82, 2.24) is 5.32 Å². The number of carbonyl (C=O) groups excluding carboxylic acids is 1. The van der Waals surface area contributed by atoms with Gasteiger partial charge >= 0.3 is 0 Å². The summed E-state index contributed by atoms with van der Waals surface area (Å²) in [5.41, 5.74) is 1.16. The molecule has 0 heterocycles. The molecule has 0 fully saturated rings. The summed E-state index contributed by atoms with van der Waals surface area (Å²) >= 11 is 5.86. The van der Waals surface area contributed by atoms with E-state index in [4.69, 9.17) is 11.6 Å². The fraction of sp³-hybridized carbons (Fsp3) is 0.250. The molecule has 0 atom stereocenters. The van der Waals surface area contributed by atoms with Crippen molar-refractivity contribution in [3.8, 4) is 11.8 Å². The molecular weight excluding hydrogens is 210 g/mol. The van der Waals surface area contributed by atoms with Gasteiger partial charge in [-0.05, 0) is 19.2 Å². The number of benzene rings is 1. The number of carbonyl (C=O) groups is 1. The molecule has 0 aliphatic rings. The van der Waals surface area contributed by atoms with Gasteiger partial charge in [-0.25, -0.2) is 0 Å². The van der Waals surface area contributed by atoms with E-state index in [9.17, 15) is 4.79 Å². The standard InChI is InChI=1S/C12H12ClNO/c1-14-8-3-2-5-10-6-4-7-12(13)11(10)9-15/h4,6-7,9,14H,3,8H2,1H3. The maximum Gasteiger partial charge on any atom is 0.152 e. The molecular formula is C12H12ClNO. The third kappa shape index (κ3) is 3.39. The van der Waals surface area contributed by atoms with Gasteiger partial charge in [0.2, 0.25) is 0 Å². The summed E-state index contributed by atoms with van der Waals surface area (Å²) in [6.07, 6.45) is 1.49. The van der Waals surface area contributed by atoms with Gasteiger partial charge in [0, 0.05) is 24.1 Å². The number of halogens is 1. The lowest BCUT2D eigenvalue weighted by Crippen LogP contribution is -2.05. The number of nitrogens with one attached hydrogen (secondary N) is 1. The van der Waals surface area contributed by atoms with Crippen molar-refractivity contribution < 1.29 is 4.79 Å². The molecule has 0 saturated heterocycles. The lowest BCUT2D eigenvalue weighted by molar-refractivity contribution is 0.112. The van der Waals surface area contributed by atoms with E-state index in [2.05, 4.69) is 17.2 Å². The van der Waals surface area contributed by atoms with Crippen LogP contribution in [0.2, 0.25) is 5.02 Å². The first-order chi connectivity index (χ1) is 7.29. The number of hydrogen-bond donors (Lipinski definition) is 1. The normalized spacial score (nSPS) is 9.20. The average Bonchev–Trinajstić information content (AvgIpc) is 2.24. The van der Waals surface area contributed by atoms with Crippen molar-refractivity contribution >= 4 is 17.9 Å². The highest BCUT2D eigenvalue weighted by Crippen LogP contribution is 2.16. The maximum atomic E-state index is 10.8. The van der Waals surface area contributed by atoms with Crippen LogP contribution in [0.3, 0.4) is 0 Å². The SMILES string of the molecule is CNCCC#Cc1cccc(Cl)c1C=O. The fourth-order valence-corrected chi connectivity index (χ4v) is 1.33. The Morgan fingerprint density at radius 3 is 3.00 bits per heavy atom. The van der Waals surface area contributed by atoms with E-state index in [0.717, 1.165) is 19.3 Å². The largest absolute Gasteiger partial charge is 0.319 e. The van der Waals surface area contributed by atoms with Crippen LogP contribution in [-0.4, -0.2) is 19.9 Å². The van der Waals surface area contributed by atoms with E-state index in [1.807, 2.05) is 7.05 Å². The van der Waals surface area contributed by atoms with Crippen molar-refractivity contribution in [3.05, 3.63) is 34.3 Å². The van der Waals surface area contributed by atoms with Crippen molar-refractivity contribution in [1.29, 1.82) is 0 Å². The van der Waals surface area contributed by atoms with Gasteiger partial charge in [-0.1, -0.05) is 29.5 Å². The zero-order valence-corrected chi connectivity index (χ0v) is 9.27. The molecule has 0 unspecified atom stereocenters. The second kappa shape index (κ2) is 6.23. The molecule has 15 heavy (non-hydrogen) atoms. The Labute approximate surface area is 94.6 Å². The minimum atomic E-state index is 0.449. The van der Waals surface area contributed by atoms with Crippen LogP contribution in [0.25, 0.3) is 0 Å². The third-order valence-electron chi connectivity index (χ3n) is 1.89. The van der Waals surface area contributed by atoms with E-state index in [0.29, 0.717) is 16.1 Å². The molecule has 0 bridgehead atoms. The van der Waals surface area contributed by atoms with Crippen molar-refractivity contribution in [2.45, 2.75) is 6.42 Å². The summed E-state index contributed by atoms with van der Waals surface area (Å²) in [5, 5.41) is 3.45. The van der Waals surface area contributed by atoms with Gasteiger partial charge in [-0.15, -0.1) is 0 Å². The number of rotatable bonds is 3. The molecule has 0 amide bonds. The zero-order chi connectivity index (χ0) is 11.1. The second-order valence-corrected chi connectivity index (χ2v) is 3.38. The maximum absolute atomic E-state index is 10.8. The van der Waals surface area contributed by atoms with E-state index in [1.165, 1.54) is 0 Å².